The summed E-state index contributed by atoms with van der Waals surface area (Å²) >= 11 is 1.64. The minimum atomic E-state index is -0.261. The van der Waals surface area contributed by atoms with E-state index in [-0.39, 0.29) is 11.7 Å². The molecule has 0 bridgehead atoms. The first-order valence-corrected chi connectivity index (χ1v) is 8.27. The average molecular weight is 325 g/mol. The molecule has 2 aromatic carbocycles. The van der Waals surface area contributed by atoms with Crippen LogP contribution in [0.4, 0.5) is 10.1 Å². The Labute approximate surface area is 138 Å². The van der Waals surface area contributed by atoms with Crippen LogP contribution in [0.2, 0.25) is 0 Å². The Hall–Kier alpha value is -2.46. The molecule has 116 valence electrons. The lowest BCUT2D eigenvalue weighted by atomic mass is 10.1. The molecular formula is C19H16FNOS. The van der Waals surface area contributed by atoms with Crippen molar-refractivity contribution in [1.29, 1.82) is 0 Å². The molecule has 1 heterocycles. The van der Waals surface area contributed by atoms with Gasteiger partial charge < -0.3 is 5.32 Å². The zero-order valence-electron chi connectivity index (χ0n) is 12.5. The quantitative estimate of drug-likeness (QED) is 0.692. The van der Waals surface area contributed by atoms with Gasteiger partial charge in [-0.1, -0.05) is 36.4 Å². The Kier molecular flexibility index (Phi) is 4.83. The maximum Gasteiger partial charge on any atom is 0.224 e. The van der Waals surface area contributed by atoms with Crippen LogP contribution in [0.1, 0.15) is 12.0 Å². The van der Waals surface area contributed by atoms with Gasteiger partial charge in [0.2, 0.25) is 5.91 Å². The lowest BCUT2D eigenvalue weighted by molar-refractivity contribution is -0.116. The number of aryl methyl sites for hydroxylation is 1. The van der Waals surface area contributed by atoms with E-state index in [1.54, 1.807) is 23.5 Å². The minimum Gasteiger partial charge on any atom is -0.325 e. The zero-order valence-corrected chi connectivity index (χ0v) is 13.3. The van der Waals surface area contributed by atoms with Crippen molar-refractivity contribution in [2.75, 3.05) is 5.32 Å². The van der Waals surface area contributed by atoms with Gasteiger partial charge in [0.1, 0.15) is 5.82 Å². The number of amides is 1. The molecular weight excluding hydrogens is 309 g/mol. The Morgan fingerprint density at radius 3 is 2.52 bits per heavy atom. The van der Waals surface area contributed by atoms with E-state index in [0.29, 0.717) is 12.8 Å². The second-order valence-electron chi connectivity index (χ2n) is 5.20. The van der Waals surface area contributed by atoms with Crippen LogP contribution in [0.3, 0.4) is 0 Å². The Balaban J connectivity index is 1.65. The smallest absolute Gasteiger partial charge is 0.224 e. The molecule has 0 spiro atoms. The van der Waals surface area contributed by atoms with Gasteiger partial charge >= 0.3 is 0 Å². The van der Waals surface area contributed by atoms with Crippen molar-refractivity contribution >= 4 is 22.9 Å². The number of carbonyl (C=O) groups excluding carboxylic acids is 1. The molecule has 3 rings (SSSR count). The van der Waals surface area contributed by atoms with E-state index < -0.39 is 0 Å². The number of benzene rings is 2. The molecule has 3 aromatic rings. The third-order valence-electron chi connectivity index (χ3n) is 3.54. The maximum absolute atomic E-state index is 12.9. The fourth-order valence-corrected chi connectivity index (χ4v) is 3.13. The summed E-state index contributed by atoms with van der Waals surface area (Å²) in [5, 5.41) is 4.99. The topological polar surface area (TPSA) is 29.1 Å². The number of thiophene rings is 1. The van der Waals surface area contributed by atoms with Gasteiger partial charge in [0.05, 0.1) is 0 Å². The highest BCUT2D eigenvalue weighted by Gasteiger charge is 2.09. The summed E-state index contributed by atoms with van der Waals surface area (Å²) in [5.41, 5.74) is 2.80. The van der Waals surface area contributed by atoms with Crippen molar-refractivity contribution in [2.45, 2.75) is 12.8 Å². The lowest BCUT2D eigenvalue weighted by Gasteiger charge is -2.10. The third kappa shape index (κ3) is 4.05. The molecule has 0 unspecified atom stereocenters. The zero-order chi connectivity index (χ0) is 16.1. The molecule has 0 radical (unpaired) electrons. The molecule has 0 aliphatic carbocycles. The number of halogens is 1. The van der Waals surface area contributed by atoms with Crippen LogP contribution in [-0.2, 0) is 11.2 Å². The third-order valence-corrected chi connectivity index (χ3v) is 4.44. The van der Waals surface area contributed by atoms with Gasteiger partial charge in [-0.3, -0.25) is 4.79 Å². The largest absolute Gasteiger partial charge is 0.325 e. The van der Waals surface area contributed by atoms with Crippen LogP contribution in [-0.4, -0.2) is 5.91 Å². The lowest BCUT2D eigenvalue weighted by Crippen LogP contribution is -2.13. The Morgan fingerprint density at radius 2 is 1.78 bits per heavy atom. The van der Waals surface area contributed by atoms with Gasteiger partial charge in [-0.05, 0) is 41.6 Å². The Bertz CT molecular complexity index is 781. The predicted octanol–water partition coefficient (Wildman–Crippen LogP) is 5.13. The highest BCUT2D eigenvalue weighted by molar-refractivity contribution is 7.13. The molecule has 0 aliphatic heterocycles. The van der Waals surface area contributed by atoms with Crippen molar-refractivity contribution in [2.24, 2.45) is 0 Å². The van der Waals surface area contributed by atoms with Gasteiger partial charge in [0, 0.05) is 22.5 Å². The van der Waals surface area contributed by atoms with Gasteiger partial charge in [-0.25, -0.2) is 4.39 Å². The molecule has 0 aliphatic rings. The second-order valence-corrected chi connectivity index (χ2v) is 6.15. The number of hydrogen-bond acceptors (Lipinski definition) is 2. The van der Waals surface area contributed by atoms with Gasteiger partial charge in [0.25, 0.3) is 0 Å². The maximum atomic E-state index is 12.9. The van der Waals surface area contributed by atoms with Crippen molar-refractivity contribution in [3.8, 4) is 10.4 Å². The molecule has 0 saturated heterocycles. The van der Waals surface area contributed by atoms with E-state index in [1.807, 2.05) is 41.8 Å². The van der Waals surface area contributed by atoms with E-state index in [2.05, 4.69) is 5.32 Å². The van der Waals surface area contributed by atoms with Crippen molar-refractivity contribution in [3.05, 3.63) is 77.4 Å². The van der Waals surface area contributed by atoms with Gasteiger partial charge in [-0.15, -0.1) is 11.3 Å². The summed E-state index contributed by atoms with van der Waals surface area (Å²) in [6.07, 6.45) is 0.956. The first-order valence-electron chi connectivity index (χ1n) is 7.39. The van der Waals surface area contributed by atoms with Crippen LogP contribution in [0.25, 0.3) is 10.4 Å². The number of rotatable bonds is 5. The van der Waals surface area contributed by atoms with E-state index in [1.165, 1.54) is 12.1 Å². The van der Waals surface area contributed by atoms with E-state index in [4.69, 9.17) is 0 Å². The number of carbonyl (C=O) groups is 1. The first-order chi connectivity index (χ1) is 11.2. The van der Waals surface area contributed by atoms with E-state index in [0.717, 1.165) is 21.7 Å². The van der Waals surface area contributed by atoms with Crippen LogP contribution in [0.15, 0.2) is 66.0 Å². The molecule has 1 N–H and O–H groups in total. The molecule has 0 atom stereocenters. The highest BCUT2D eigenvalue weighted by atomic mass is 32.1. The standard InChI is InChI=1S/C19H16FNOS/c20-15-10-7-14(8-11-15)9-12-19(22)21-17-5-2-1-4-16(17)18-6-3-13-23-18/h1-8,10-11,13H,9,12H2,(H,21,22). The molecule has 0 fully saturated rings. The van der Waals surface area contributed by atoms with E-state index in [9.17, 15) is 9.18 Å². The molecule has 23 heavy (non-hydrogen) atoms. The molecule has 4 heteroatoms. The summed E-state index contributed by atoms with van der Waals surface area (Å²) < 4.78 is 12.9. The number of anilines is 1. The fraction of sp³-hybridized carbons (Fsp3) is 0.105. The Morgan fingerprint density at radius 1 is 1.00 bits per heavy atom. The van der Waals surface area contributed by atoms with Crippen LogP contribution in [0.5, 0.6) is 0 Å². The SMILES string of the molecule is O=C(CCc1ccc(F)cc1)Nc1ccccc1-c1cccs1. The normalized spacial score (nSPS) is 10.5. The fourth-order valence-electron chi connectivity index (χ4n) is 2.36. The molecule has 0 saturated carbocycles. The molecule has 1 amide bonds. The minimum absolute atomic E-state index is 0.0432. The number of para-hydroxylation sites is 1. The first kappa shape index (κ1) is 15.4. The van der Waals surface area contributed by atoms with Crippen LogP contribution < -0.4 is 5.32 Å². The predicted molar refractivity (Wildman–Crippen MR) is 93.1 cm³/mol. The van der Waals surface area contributed by atoms with Crippen molar-refractivity contribution in [1.82, 2.24) is 0 Å². The molecule has 1 aromatic heterocycles. The van der Waals surface area contributed by atoms with Crippen molar-refractivity contribution < 1.29 is 9.18 Å². The highest BCUT2D eigenvalue weighted by Crippen LogP contribution is 2.31. The van der Waals surface area contributed by atoms with E-state index >= 15 is 0 Å². The van der Waals surface area contributed by atoms with Gasteiger partial charge in [0.15, 0.2) is 0 Å². The van der Waals surface area contributed by atoms with Crippen LogP contribution >= 0.6 is 11.3 Å². The summed E-state index contributed by atoms with van der Waals surface area (Å²) in [5.74, 6) is -0.304. The van der Waals surface area contributed by atoms with Gasteiger partial charge in [-0.2, -0.15) is 0 Å². The molecule has 2 nitrogen and oxygen atoms in total. The van der Waals surface area contributed by atoms with Crippen molar-refractivity contribution in [3.63, 3.8) is 0 Å². The summed E-state index contributed by atoms with van der Waals surface area (Å²) in [6, 6.07) is 18.1. The average Bonchev–Trinajstić information content (AvgIpc) is 3.09. The number of hydrogen-bond donors (Lipinski definition) is 1. The second kappa shape index (κ2) is 7.20. The summed E-state index contributed by atoms with van der Waals surface area (Å²) in [6.45, 7) is 0. The van der Waals surface area contributed by atoms with Crippen LogP contribution in [0, 0.1) is 5.82 Å². The monoisotopic (exact) mass is 325 g/mol. The summed E-state index contributed by atoms with van der Waals surface area (Å²) in [4.78, 5) is 13.3. The summed E-state index contributed by atoms with van der Waals surface area (Å²) in [7, 11) is 0. The number of nitrogens with one attached hydrogen (secondary N) is 1.